The average Bonchev–Trinajstić information content (AvgIpc) is 3.63. The summed E-state index contributed by atoms with van der Waals surface area (Å²) in [5.41, 5.74) is 0. The van der Waals surface area contributed by atoms with Gasteiger partial charge in [-0.05, 0) is 25.7 Å². The standard InChI is InChI=1S/C28H40Si4/c1-5-29(25-17-9-10-18-25)30(6-2,26-19-11-12-20-26)32(8-4,28-23-15-16-24-28)31(29,7-3)27-21-13-14-22-27/h9-17,19,21,23H,5-8,18,20,22,24H2,1-4H3. The molecule has 0 N–H and O–H groups in total. The van der Waals surface area contributed by atoms with Gasteiger partial charge in [-0.15, -0.1) is 0 Å². The molecule has 1 heterocycles. The Bertz CT molecular complexity index is 867. The highest BCUT2D eigenvalue weighted by atomic mass is 30.2. The van der Waals surface area contributed by atoms with Crippen LogP contribution < -0.4 is 0 Å². The average molecular weight is 489 g/mol. The van der Waals surface area contributed by atoms with Gasteiger partial charge in [-0.2, -0.15) is 0 Å². The first kappa shape index (κ1) is 22.6. The molecular weight excluding hydrogens is 449 g/mol. The monoisotopic (exact) mass is 488 g/mol. The van der Waals surface area contributed by atoms with E-state index in [9.17, 15) is 0 Å². The molecule has 0 spiro atoms. The van der Waals surface area contributed by atoms with Crippen LogP contribution in [0.2, 0.25) is 24.2 Å². The van der Waals surface area contributed by atoms with Gasteiger partial charge in [-0.25, -0.2) is 0 Å². The third kappa shape index (κ3) is 2.28. The van der Waals surface area contributed by atoms with Gasteiger partial charge in [-0.1, -0.05) is 146 Å². The summed E-state index contributed by atoms with van der Waals surface area (Å²) < 4.78 is 0. The van der Waals surface area contributed by atoms with Gasteiger partial charge in [0.15, 0.2) is 0 Å². The van der Waals surface area contributed by atoms with E-state index in [1.165, 1.54) is 49.9 Å². The van der Waals surface area contributed by atoms with Crippen molar-refractivity contribution in [1.29, 1.82) is 0 Å². The molecule has 0 aromatic carbocycles. The first-order valence-corrected chi connectivity index (χ1v) is 25.9. The van der Waals surface area contributed by atoms with Crippen molar-refractivity contribution in [3.8, 4) is 0 Å². The summed E-state index contributed by atoms with van der Waals surface area (Å²) in [6, 6.07) is 6.02. The Balaban J connectivity index is 1.90. The molecule has 0 atom stereocenters. The zero-order valence-electron chi connectivity index (χ0n) is 20.6. The molecule has 0 unspecified atom stereocenters. The van der Waals surface area contributed by atoms with Crippen LogP contribution in [0.4, 0.5) is 0 Å². The minimum Gasteiger partial charge on any atom is -0.0816 e. The highest BCUT2D eigenvalue weighted by Crippen LogP contribution is 2.69. The van der Waals surface area contributed by atoms with Gasteiger partial charge in [0.2, 0.25) is 0 Å². The van der Waals surface area contributed by atoms with Crippen LogP contribution in [0.3, 0.4) is 0 Å². The highest BCUT2D eigenvalue weighted by molar-refractivity contribution is 8.18. The van der Waals surface area contributed by atoms with Crippen molar-refractivity contribution in [3.05, 3.63) is 93.7 Å². The van der Waals surface area contributed by atoms with Crippen molar-refractivity contribution in [2.75, 3.05) is 0 Å². The maximum atomic E-state index is 2.66. The van der Waals surface area contributed by atoms with Crippen LogP contribution >= 0.6 is 0 Å². The fraction of sp³-hybridized carbons (Fsp3) is 0.429. The zero-order valence-corrected chi connectivity index (χ0v) is 24.6. The Morgan fingerprint density at radius 2 is 0.656 bits per heavy atom. The Kier molecular flexibility index (Phi) is 5.80. The van der Waals surface area contributed by atoms with Crippen molar-refractivity contribution in [1.82, 2.24) is 0 Å². The van der Waals surface area contributed by atoms with Crippen LogP contribution in [0.25, 0.3) is 0 Å². The van der Waals surface area contributed by atoms with Crippen LogP contribution in [-0.2, 0) is 0 Å². The van der Waals surface area contributed by atoms with Crippen molar-refractivity contribution in [2.24, 2.45) is 0 Å². The van der Waals surface area contributed by atoms with Crippen LogP contribution in [0, 0.1) is 0 Å². The Hall–Kier alpha value is -1.21. The largest absolute Gasteiger partial charge is 0.0816 e. The Labute approximate surface area is 199 Å². The SMILES string of the molecule is CC[Si]1(C2=CC=CC2)[Si](CC)(C2=CC=CC2)[Si](CC)(C2=CC=CC2)[Si]1(CC)C1=CC=CC1. The lowest BCUT2D eigenvalue weighted by atomic mass is 10.5. The number of rotatable bonds is 8. The Morgan fingerprint density at radius 3 is 0.781 bits per heavy atom. The summed E-state index contributed by atoms with van der Waals surface area (Å²) in [5, 5.41) is 7.97. The maximum absolute atomic E-state index is 2.66. The minimum absolute atomic E-state index is 1.27. The molecule has 0 nitrogen and oxygen atoms in total. The van der Waals surface area contributed by atoms with Crippen molar-refractivity contribution >= 4 is 28.4 Å². The molecule has 0 aromatic heterocycles. The van der Waals surface area contributed by atoms with Crippen LogP contribution in [-0.4, -0.2) is 28.4 Å². The molecule has 1 saturated heterocycles. The third-order valence-electron chi connectivity index (χ3n) is 10.3. The lowest BCUT2D eigenvalue weighted by Crippen LogP contribution is -3.08. The van der Waals surface area contributed by atoms with E-state index in [4.69, 9.17) is 0 Å². The lowest BCUT2D eigenvalue weighted by molar-refractivity contribution is 1.22. The van der Waals surface area contributed by atoms with E-state index in [0.29, 0.717) is 0 Å². The molecule has 0 amide bonds. The predicted octanol–water partition coefficient (Wildman–Crippen LogP) is 7.89. The van der Waals surface area contributed by atoms with Gasteiger partial charge >= 0.3 is 0 Å². The van der Waals surface area contributed by atoms with Gasteiger partial charge in [0.1, 0.15) is 0 Å². The lowest BCUT2D eigenvalue weighted by Gasteiger charge is -2.81. The van der Waals surface area contributed by atoms with Crippen LogP contribution in [0.15, 0.2) is 93.7 Å². The van der Waals surface area contributed by atoms with Crippen molar-refractivity contribution < 1.29 is 0 Å². The second-order valence-corrected chi connectivity index (χ2v) is 49.5. The molecular formula is C28H40Si4. The summed E-state index contributed by atoms with van der Waals surface area (Å²) in [6.45, 7) is 10.6. The summed E-state index contributed by atoms with van der Waals surface area (Å²) in [6.07, 6.45) is 35.4. The topological polar surface area (TPSA) is 0 Å². The van der Waals surface area contributed by atoms with Crippen molar-refractivity contribution in [3.63, 3.8) is 0 Å². The van der Waals surface area contributed by atoms with Crippen LogP contribution in [0.1, 0.15) is 53.4 Å². The molecule has 0 saturated carbocycles. The molecule has 1 fully saturated rings. The van der Waals surface area contributed by atoms with E-state index in [1.807, 2.05) is 20.8 Å². The van der Waals surface area contributed by atoms with E-state index >= 15 is 0 Å². The smallest absolute Gasteiger partial charge is 0.0751 e. The molecule has 1 aliphatic heterocycles. The van der Waals surface area contributed by atoms with Gasteiger partial charge < -0.3 is 0 Å². The fourth-order valence-corrected chi connectivity index (χ4v) is 153. The fourth-order valence-electron chi connectivity index (χ4n) is 9.96. The molecule has 4 aliphatic carbocycles. The second kappa shape index (κ2) is 8.22. The second-order valence-electron chi connectivity index (χ2n) is 10.3. The molecule has 0 bridgehead atoms. The molecule has 0 aromatic rings. The molecule has 168 valence electrons. The minimum atomic E-state index is -1.64. The number of hydrogen-bond acceptors (Lipinski definition) is 0. The van der Waals surface area contributed by atoms with Gasteiger partial charge in [0, 0.05) is 0 Å². The van der Waals surface area contributed by atoms with Crippen LogP contribution in [0.5, 0.6) is 0 Å². The van der Waals surface area contributed by atoms with E-state index in [-0.39, 0.29) is 0 Å². The summed E-state index contributed by atoms with van der Waals surface area (Å²) >= 11 is 0. The summed E-state index contributed by atoms with van der Waals surface area (Å²) in [4.78, 5) is 0. The Morgan fingerprint density at radius 1 is 0.438 bits per heavy atom. The van der Waals surface area contributed by atoms with E-state index in [0.717, 1.165) is 0 Å². The maximum Gasteiger partial charge on any atom is 0.0751 e. The van der Waals surface area contributed by atoms with Crippen molar-refractivity contribution in [2.45, 2.75) is 77.6 Å². The third-order valence-corrected chi connectivity index (χ3v) is 99.7. The molecule has 0 radical (unpaired) electrons. The summed E-state index contributed by atoms with van der Waals surface area (Å²) in [5.74, 6) is 0. The van der Waals surface area contributed by atoms with Gasteiger partial charge in [-0.3, -0.25) is 0 Å². The molecule has 5 aliphatic rings. The number of hydrogen-bond donors (Lipinski definition) is 0. The molecule has 5 rings (SSSR count). The van der Waals surface area contributed by atoms with E-state index < -0.39 is 28.4 Å². The molecule has 4 heteroatoms. The zero-order chi connectivity index (χ0) is 22.5. The predicted molar refractivity (Wildman–Crippen MR) is 152 cm³/mol. The van der Waals surface area contributed by atoms with E-state index in [2.05, 4.69) is 101 Å². The number of allylic oxidation sites excluding steroid dienone is 16. The first-order valence-electron chi connectivity index (χ1n) is 13.1. The summed E-state index contributed by atoms with van der Waals surface area (Å²) in [7, 11) is -6.58. The van der Waals surface area contributed by atoms with E-state index in [1.54, 1.807) is 0 Å². The molecule has 32 heavy (non-hydrogen) atoms. The first-order chi connectivity index (χ1) is 15.7. The normalized spacial score (nSPS) is 39.4. The van der Waals surface area contributed by atoms with Gasteiger partial charge in [0.05, 0.1) is 28.4 Å². The van der Waals surface area contributed by atoms with Gasteiger partial charge in [0.25, 0.3) is 0 Å². The quantitative estimate of drug-likeness (QED) is 0.305. The highest BCUT2D eigenvalue weighted by Gasteiger charge is 2.90.